The standard InChI is InChI=1S/C17H20O4/c1-4-12-11-9-7-8-10-13(11)17(14(18)19,15(20)21)16(12,5-2)6-3/h4,7-10,12H,1,5-6H2,2-3H3,(H,18,19)(H,20,21). The molecule has 2 N–H and O–H groups in total. The summed E-state index contributed by atoms with van der Waals surface area (Å²) in [4.78, 5) is 24.2. The Kier molecular flexibility index (Phi) is 3.66. The molecular formula is C17H20O4. The molecule has 0 radical (unpaired) electrons. The van der Waals surface area contributed by atoms with Crippen molar-refractivity contribution in [3.05, 3.63) is 48.0 Å². The molecule has 4 nitrogen and oxygen atoms in total. The van der Waals surface area contributed by atoms with Gasteiger partial charge >= 0.3 is 11.9 Å². The number of allylic oxidation sites excluding steroid dienone is 1. The maximum absolute atomic E-state index is 12.1. The second-order valence-corrected chi connectivity index (χ2v) is 5.52. The Bertz CT molecular complexity index is 585. The third-order valence-corrected chi connectivity index (χ3v) is 5.18. The lowest BCUT2D eigenvalue weighted by Gasteiger charge is -2.42. The van der Waals surface area contributed by atoms with Gasteiger partial charge in [0.15, 0.2) is 5.41 Å². The van der Waals surface area contributed by atoms with Crippen LogP contribution in [0.5, 0.6) is 0 Å². The SMILES string of the molecule is C=CC1c2ccccc2C(C(=O)O)(C(=O)O)C1(CC)CC. The zero-order chi connectivity index (χ0) is 15.8. The molecule has 0 aromatic heterocycles. The van der Waals surface area contributed by atoms with Crippen LogP contribution in [-0.4, -0.2) is 22.2 Å². The number of rotatable bonds is 5. The van der Waals surface area contributed by atoms with Gasteiger partial charge in [-0.2, -0.15) is 0 Å². The molecule has 0 heterocycles. The number of carbonyl (C=O) groups is 2. The average molecular weight is 288 g/mol. The molecule has 4 heteroatoms. The number of carboxylic acids is 2. The van der Waals surface area contributed by atoms with E-state index >= 15 is 0 Å². The van der Waals surface area contributed by atoms with Crippen molar-refractivity contribution in [2.45, 2.75) is 38.0 Å². The number of benzene rings is 1. The molecule has 1 atom stereocenters. The summed E-state index contributed by atoms with van der Waals surface area (Å²) in [6.45, 7) is 7.54. The maximum Gasteiger partial charge on any atom is 0.326 e. The van der Waals surface area contributed by atoms with Gasteiger partial charge in [0.2, 0.25) is 0 Å². The van der Waals surface area contributed by atoms with Crippen LogP contribution in [0.1, 0.15) is 43.7 Å². The van der Waals surface area contributed by atoms with Gasteiger partial charge < -0.3 is 10.2 Å². The highest BCUT2D eigenvalue weighted by atomic mass is 16.4. The summed E-state index contributed by atoms with van der Waals surface area (Å²) in [6.07, 6.45) is 2.60. The Morgan fingerprint density at radius 3 is 2.14 bits per heavy atom. The first-order chi connectivity index (χ1) is 9.93. The molecule has 0 amide bonds. The molecule has 0 bridgehead atoms. The molecule has 21 heavy (non-hydrogen) atoms. The summed E-state index contributed by atoms with van der Waals surface area (Å²) in [5.41, 5.74) is -1.68. The molecule has 0 saturated carbocycles. The lowest BCUT2D eigenvalue weighted by molar-refractivity contribution is -0.166. The summed E-state index contributed by atoms with van der Waals surface area (Å²) in [5, 5.41) is 19.8. The minimum Gasteiger partial charge on any atom is -0.480 e. The zero-order valence-electron chi connectivity index (χ0n) is 12.3. The predicted octanol–water partition coefficient (Wildman–Crippen LogP) is 3.18. The number of aliphatic carboxylic acids is 2. The molecule has 1 aromatic rings. The van der Waals surface area contributed by atoms with Gasteiger partial charge in [0, 0.05) is 11.3 Å². The van der Waals surface area contributed by atoms with E-state index < -0.39 is 22.8 Å². The van der Waals surface area contributed by atoms with Crippen LogP contribution in [0.3, 0.4) is 0 Å². The summed E-state index contributed by atoms with van der Waals surface area (Å²) < 4.78 is 0. The summed E-state index contributed by atoms with van der Waals surface area (Å²) in [6, 6.07) is 6.95. The second-order valence-electron chi connectivity index (χ2n) is 5.52. The third-order valence-electron chi connectivity index (χ3n) is 5.18. The van der Waals surface area contributed by atoms with Gasteiger partial charge in [0.1, 0.15) is 0 Å². The van der Waals surface area contributed by atoms with Gasteiger partial charge in [0.25, 0.3) is 0 Å². The zero-order valence-corrected chi connectivity index (χ0v) is 12.3. The number of carboxylic acid groups (broad SMARTS) is 2. The van der Waals surface area contributed by atoms with Crippen molar-refractivity contribution >= 4 is 11.9 Å². The average Bonchev–Trinajstić information content (AvgIpc) is 2.73. The Balaban J connectivity index is 2.96. The van der Waals surface area contributed by atoms with Gasteiger partial charge in [0.05, 0.1) is 0 Å². The minimum atomic E-state index is -1.92. The highest BCUT2D eigenvalue weighted by molar-refractivity contribution is 6.07. The summed E-state index contributed by atoms with van der Waals surface area (Å²) in [5.74, 6) is -2.87. The van der Waals surface area contributed by atoms with Crippen LogP contribution in [0.25, 0.3) is 0 Å². The third kappa shape index (κ3) is 1.56. The van der Waals surface area contributed by atoms with Crippen molar-refractivity contribution in [3.63, 3.8) is 0 Å². The first-order valence-electron chi connectivity index (χ1n) is 7.12. The smallest absolute Gasteiger partial charge is 0.326 e. The van der Waals surface area contributed by atoms with E-state index in [0.29, 0.717) is 18.4 Å². The molecule has 1 aliphatic rings. The summed E-state index contributed by atoms with van der Waals surface area (Å²) >= 11 is 0. The van der Waals surface area contributed by atoms with Crippen LogP contribution in [-0.2, 0) is 15.0 Å². The maximum atomic E-state index is 12.1. The Morgan fingerprint density at radius 2 is 1.71 bits per heavy atom. The first-order valence-corrected chi connectivity index (χ1v) is 7.12. The van der Waals surface area contributed by atoms with Crippen molar-refractivity contribution in [3.8, 4) is 0 Å². The molecule has 112 valence electrons. The quantitative estimate of drug-likeness (QED) is 0.644. The molecular weight excluding hydrogens is 268 g/mol. The molecule has 0 fully saturated rings. The van der Waals surface area contributed by atoms with E-state index in [9.17, 15) is 19.8 Å². The predicted molar refractivity (Wildman–Crippen MR) is 79.3 cm³/mol. The van der Waals surface area contributed by atoms with Crippen LogP contribution >= 0.6 is 0 Å². The normalized spacial score (nSPS) is 21.5. The first kappa shape index (κ1) is 15.3. The molecule has 1 unspecified atom stereocenters. The molecule has 1 aliphatic carbocycles. The fourth-order valence-corrected chi connectivity index (χ4v) is 4.23. The van der Waals surface area contributed by atoms with E-state index in [4.69, 9.17) is 0 Å². The molecule has 0 spiro atoms. The number of fused-ring (bicyclic) bond motifs is 1. The lowest BCUT2D eigenvalue weighted by atomic mass is 9.57. The molecule has 1 aromatic carbocycles. The minimum absolute atomic E-state index is 0.282. The van der Waals surface area contributed by atoms with Crippen molar-refractivity contribution < 1.29 is 19.8 Å². The Morgan fingerprint density at radius 1 is 1.19 bits per heavy atom. The molecule has 0 saturated heterocycles. The van der Waals surface area contributed by atoms with E-state index in [1.807, 2.05) is 26.0 Å². The Hall–Kier alpha value is -2.10. The van der Waals surface area contributed by atoms with Crippen molar-refractivity contribution in [2.24, 2.45) is 5.41 Å². The van der Waals surface area contributed by atoms with E-state index in [1.165, 1.54) is 0 Å². The van der Waals surface area contributed by atoms with Crippen LogP contribution in [0.4, 0.5) is 0 Å². The van der Waals surface area contributed by atoms with Crippen molar-refractivity contribution in [2.75, 3.05) is 0 Å². The second kappa shape index (κ2) is 5.02. The van der Waals surface area contributed by atoms with E-state index in [1.54, 1.807) is 18.2 Å². The van der Waals surface area contributed by atoms with Gasteiger partial charge in [-0.25, -0.2) is 0 Å². The van der Waals surface area contributed by atoms with E-state index in [2.05, 4.69) is 6.58 Å². The van der Waals surface area contributed by atoms with Gasteiger partial charge in [-0.05, 0) is 24.0 Å². The number of hydrogen-bond acceptors (Lipinski definition) is 2. The lowest BCUT2D eigenvalue weighted by Crippen LogP contribution is -2.55. The van der Waals surface area contributed by atoms with Crippen molar-refractivity contribution in [1.29, 1.82) is 0 Å². The Labute approximate surface area is 124 Å². The number of hydrogen-bond donors (Lipinski definition) is 2. The fourth-order valence-electron chi connectivity index (χ4n) is 4.23. The highest BCUT2D eigenvalue weighted by Gasteiger charge is 2.69. The van der Waals surface area contributed by atoms with Crippen molar-refractivity contribution in [1.82, 2.24) is 0 Å². The largest absolute Gasteiger partial charge is 0.480 e. The van der Waals surface area contributed by atoms with E-state index in [0.717, 1.165) is 5.56 Å². The summed E-state index contributed by atoms with van der Waals surface area (Å²) in [7, 11) is 0. The van der Waals surface area contributed by atoms with Gasteiger partial charge in [-0.3, -0.25) is 9.59 Å². The van der Waals surface area contributed by atoms with Crippen LogP contribution in [0.2, 0.25) is 0 Å². The molecule has 0 aliphatic heterocycles. The van der Waals surface area contributed by atoms with Crippen LogP contribution in [0.15, 0.2) is 36.9 Å². The monoisotopic (exact) mass is 288 g/mol. The molecule has 2 rings (SSSR count). The fraction of sp³-hybridized carbons (Fsp3) is 0.412. The highest BCUT2D eigenvalue weighted by Crippen LogP contribution is 2.63. The van der Waals surface area contributed by atoms with Crippen LogP contribution < -0.4 is 0 Å². The van der Waals surface area contributed by atoms with E-state index in [-0.39, 0.29) is 5.92 Å². The van der Waals surface area contributed by atoms with Gasteiger partial charge in [-0.15, -0.1) is 6.58 Å². The van der Waals surface area contributed by atoms with Gasteiger partial charge in [-0.1, -0.05) is 44.2 Å². The topological polar surface area (TPSA) is 74.6 Å². The van der Waals surface area contributed by atoms with Crippen LogP contribution in [0, 0.1) is 5.41 Å².